The second-order valence-corrected chi connectivity index (χ2v) is 29.8. The topological polar surface area (TPSA) is 416 Å². The van der Waals surface area contributed by atoms with Crippen LogP contribution in [0.25, 0.3) is 10.8 Å². The molecule has 612 valence electrons. The average molecular weight is 1600 g/mol. The molecule has 29 nitrogen and oxygen atoms in total. The van der Waals surface area contributed by atoms with Crippen LogP contribution in [0.5, 0.6) is 11.5 Å². The number of carboxylic acids is 1. The van der Waals surface area contributed by atoms with Crippen molar-refractivity contribution in [2.45, 2.75) is 191 Å². The predicted octanol–water partition coefficient (Wildman–Crippen LogP) is 5.63. The third-order valence-electron chi connectivity index (χ3n) is 19.3. The number of nitrogens with one attached hydrogen (secondary N) is 11. The molecule has 2 aromatic heterocycles. The molecule has 1 fully saturated rings. The molecule has 0 spiro atoms. The molecule has 7 aromatic rings. The van der Waals surface area contributed by atoms with E-state index in [4.69, 9.17) is 16.3 Å². The summed E-state index contributed by atoms with van der Waals surface area (Å²) in [4.78, 5) is 180. The molecule has 1 aliphatic rings. The number of carbonyl (C=O) groups is 12. The molecule has 5 aromatic carbocycles. The van der Waals surface area contributed by atoms with Gasteiger partial charge in [-0.1, -0.05) is 136 Å². The van der Waals surface area contributed by atoms with Gasteiger partial charge in [-0.25, -0.2) is 0 Å². The molecule has 1 aliphatic heterocycles. The van der Waals surface area contributed by atoms with E-state index in [9.17, 15) is 58.2 Å². The Morgan fingerprint density at radius 1 is 0.504 bits per heavy atom. The van der Waals surface area contributed by atoms with Gasteiger partial charge >= 0.3 is 5.97 Å². The number of pyridine rings is 2. The van der Waals surface area contributed by atoms with Crippen molar-refractivity contribution in [1.29, 1.82) is 0 Å². The standard InChI is InChI=1S/C85H105ClN14O15/c1-52(2)44-68(77(105)94-67(27-14-15-40-88-53(3)4)84(112)100-43-19-28-74(100)83(111)91-54(5)85(113)114)95-76(104)66(26-13-17-42-90-75(103)65-25-12-16-41-89-65)93-79(107)70(47-57-32-37-64(38-33-57)115-63-23-8-7-9-24-63)98-82(110)73(51-101)99-81(109)72(49-59-20-18-39-87-50-59)97-80(108)71(46-56-30-35-62(86)36-31-56)96-78(106)69(92-55(6)102)48-58-29-34-60-21-10-11-22-61(60)45-58/h7-12,16,18,20-25,29-39,41,45,50,52-54,66-74,88,101H,13-15,17,19,26-28,40,42-44,46-49,51H2,1-6H3,(H,90,103)(H,91,111)(H,92,102)(H,93,107)(H,94,105)(H,95,104)(H,96,106)(H,97,108)(H,98,110)(H,99,109)(H,113,114)/t54-,66-,67+,68+,69-,70+,71-,72-,73+,74+/m1/s1. The molecule has 0 aliphatic carbocycles. The number of benzene rings is 5. The van der Waals surface area contributed by atoms with Gasteiger partial charge in [0, 0.05) is 75.4 Å². The quantitative estimate of drug-likeness (QED) is 0.0206. The third kappa shape index (κ3) is 29.0. The van der Waals surface area contributed by atoms with Gasteiger partial charge in [-0.3, -0.25) is 67.5 Å². The summed E-state index contributed by atoms with van der Waals surface area (Å²) in [5.74, 6) is -9.03. The first-order valence-corrected chi connectivity index (χ1v) is 39.3. The molecule has 0 saturated carbocycles. The molecule has 115 heavy (non-hydrogen) atoms. The number of nitrogens with zero attached hydrogens (tertiary/aromatic N) is 3. The van der Waals surface area contributed by atoms with Gasteiger partial charge in [-0.05, 0) is 165 Å². The number of rotatable bonds is 44. The van der Waals surface area contributed by atoms with Gasteiger partial charge in [0.1, 0.15) is 77.6 Å². The number of hydrogen-bond acceptors (Lipinski definition) is 17. The smallest absolute Gasteiger partial charge is 0.325 e. The van der Waals surface area contributed by atoms with Crippen LogP contribution < -0.4 is 63.2 Å². The maximum Gasteiger partial charge on any atom is 0.325 e. The van der Waals surface area contributed by atoms with Crippen molar-refractivity contribution in [2.75, 3.05) is 26.2 Å². The molecule has 10 atom stereocenters. The first-order valence-electron chi connectivity index (χ1n) is 38.9. The normalized spacial score (nSPS) is 14.9. The first-order chi connectivity index (χ1) is 55.2. The number of aliphatic carboxylic acids is 1. The van der Waals surface area contributed by atoms with E-state index in [1.807, 2.05) is 76.2 Å². The Bertz CT molecular complexity index is 4410. The van der Waals surface area contributed by atoms with E-state index in [1.165, 1.54) is 37.3 Å². The number of likely N-dealkylation sites (tertiary alicyclic amines) is 1. The number of unbranched alkanes of at least 4 members (excludes halogenated alkanes) is 2. The zero-order valence-corrected chi connectivity index (χ0v) is 66.3. The molecule has 13 N–H and O–H groups in total. The molecule has 11 amide bonds. The number of hydrogen-bond donors (Lipinski definition) is 13. The Morgan fingerprint density at radius 3 is 1.61 bits per heavy atom. The highest BCUT2D eigenvalue weighted by atomic mass is 35.5. The SMILES string of the molecule is CC(=O)N[C@H](Cc1ccc2ccccc2c1)C(=O)N[C@H](Cc1ccc(Cl)cc1)C(=O)N[C@H](Cc1cccnc1)C(=O)N[C@@H](CO)C(=O)N[C@@H](Cc1ccc(Oc2ccccc2)cc1)C(=O)N[C@H](CCCCNC(=O)c1ccccn1)C(=O)N[C@@H](CC(C)C)C(=O)N[C@@H](CCCCNC(C)C)C(=O)N1CCC[C@H]1C(=O)N[C@H](C)C(=O)O. The van der Waals surface area contributed by atoms with E-state index >= 15 is 9.59 Å². The maximum absolute atomic E-state index is 15.4. The molecule has 1 saturated heterocycles. The molecule has 0 bridgehead atoms. The highest BCUT2D eigenvalue weighted by Gasteiger charge is 2.41. The lowest BCUT2D eigenvalue weighted by molar-refractivity contribution is -0.144. The van der Waals surface area contributed by atoms with E-state index in [1.54, 1.807) is 103 Å². The summed E-state index contributed by atoms with van der Waals surface area (Å²) in [6, 6.07) is 29.6. The number of aliphatic hydroxyl groups excluding tert-OH is 1. The largest absolute Gasteiger partial charge is 0.480 e. The molecule has 8 rings (SSSR count). The van der Waals surface area contributed by atoms with Gasteiger partial charge < -0.3 is 78.3 Å². The number of para-hydroxylation sites is 1. The second kappa shape index (κ2) is 45.3. The van der Waals surface area contributed by atoms with Gasteiger partial charge in [0.05, 0.1) is 6.61 Å². The van der Waals surface area contributed by atoms with Crippen molar-refractivity contribution in [2.24, 2.45) is 5.92 Å². The van der Waals surface area contributed by atoms with Crippen LogP contribution in [0.2, 0.25) is 5.02 Å². The summed E-state index contributed by atoms with van der Waals surface area (Å²) in [7, 11) is 0. The van der Waals surface area contributed by atoms with Crippen molar-refractivity contribution < 1.29 is 72.5 Å². The molecular weight excluding hydrogens is 1490 g/mol. The summed E-state index contributed by atoms with van der Waals surface area (Å²) in [5.41, 5.74) is 2.32. The lowest BCUT2D eigenvalue weighted by Crippen LogP contribution is -2.61. The monoisotopic (exact) mass is 1600 g/mol. The Labute approximate surface area is 674 Å². The van der Waals surface area contributed by atoms with Crippen LogP contribution in [-0.2, 0) is 78.4 Å². The van der Waals surface area contributed by atoms with E-state index < -0.39 is 138 Å². The first kappa shape index (κ1) is 88.9. The minimum Gasteiger partial charge on any atom is -0.480 e. The fourth-order valence-electron chi connectivity index (χ4n) is 13.2. The lowest BCUT2D eigenvalue weighted by Gasteiger charge is -2.31. The number of carbonyl (C=O) groups excluding carboxylic acids is 11. The molecule has 3 heterocycles. The Balaban J connectivity index is 1.07. The summed E-state index contributed by atoms with van der Waals surface area (Å²) in [5, 5.41) is 53.6. The number of aliphatic hydroxyl groups is 1. The van der Waals surface area contributed by atoms with Crippen LogP contribution >= 0.6 is 11.6 Å². The molecule has 0 radical (unpaired) electrons. The van der Waals surface area contributed by atoms with Crippen LogP contribution in [-0.4, -0.2) is 189 Å². The van der Waals surface area contributed by atoms with Crippen LogP contribution in [0.15, 0.2) is 170 Å². The lowest BCUT2D eigenvalue weighted by atomic mass is 9.99. The van der Waals surface area contributed by atoms with Crippen LogP contribution in [0, 0.1) is 5.92 Å². The van der Waals surface area contributed by atoms with Crippen LogP contribution in [0.4, 0.5) is 0 Å². The maximum atomic E-state index is 15.4. The van der Waals surface area contributed by atoms with E-state index in [0.29, 0.717) is 64.6 Å². The van der Waals surface area contributed by atoms with Crippen LogP contribution in [0.3, 0.4) is 0 Å². The van der Waals surface area contributed by atoms with Crippen molar-refractivity contribution >= 4 is 93.3 Å². The number of carboxylic acid groups (broad SMARTS) is 1. The average Bonchev–Trinajstić information content (AvgIpc) is 1.74. The van der Waals surface area contributed by atoms with Crippen molar-refractivity contribution in [3.05, 3.63) is 203 Å². The summed E-state index contributed by atoms with van der Waals surface area (Å²) >= 11 is 6.28. The predicted molar refractivity (Wildman–Crippen MR) is 432 cm³/mol. The molecule has 0 unspecified atom stereocenters. The van der Waals surface area contributed by atoms with Gasteiger partial charge in [-0.2, -0.15) is 0 Å². The Morgan fingerprint density at radius 2 is 1.02 bits per heavy atom. The summed E-state index contributed by atoms with van der Waals surface area (Å²) < 4.78 is 6.05. The number of halogens is 1. The zero-order valence-electron chi connectivity index (χ0n) is 65.5. The fourth-order valence-corrected chi connectivity index (χ4v) is 13.3. The Hall–Kier alpha value is -11.7. The van der Waals surface area contributed by atoms with Crippen molar-refractivity contribution in [3.8, 4) is 11.5 Å². The van der Waals surface area contributed by atoms with Crippen molar-refractivity contribution in [1.82, 2.24) is 73.4 Å². The molecule has 30 heteroatoms. The van der Waals surface area contributed by atoms with Gasteiger partial charge in [0.15, 0.2) is 0 Å². The van der Waals surface area contributed by atoms with E-state index in [2.05, 4.69) is 68.5 Å². The Kier molecular flexibility index (Phi) is 35.0. The second-order valence-electron chi connectivity index (χ2n) is 29.4. The molecular formula is C85H105ClN14O15. The fraction of sp³-hybridized carbons (Fsp3) is 0.412. The van der Waals surface area contributed by atoms with E-state index in [-0.39, 0.29) is 95.0 Å². The number of fused-ring (bicyclic) bond motifs is 1. The summed E-state index contributed by atoms with van der Waals surface area (Å²) in [6.07, 6.45) is 5.96. The highest BCUT2D eigenvalue weighted by molar-refractivity contribution is 6.30. The number of aromatic nitrogens is 2. The number of ether oxygens (including phenoxy) is 1. The summed E-state index contributed by atoms with van der Waals surface area (Å²) in [6.45, 7) is 9.96. The van der Waals surface area contributed by atoms with E-state index in [0.717, 1.165) is 10.8 Å². The highest BCUT2D eigenvalue weighted by Crippen LogP contribution is 2.25. The van der Waals surface area contributed by atoms with Gasteiger partial charge in [0.25, 0.3) is 5.91 Å². The van der Waals surface area contributed by atoms with Crippen LogP contribution in [0.1, 0.15) is 132 Å². The van der Waals surface area contributed by atoms with Gasteiger partial charge in [-0.15, -0.1) is 0 Å². The minimum absolute atomic E-state index is 0.0246. The number of amides is 11. The minimum atomic E-state index is -1.84. The van der Waals surface area contributed by atoms with Gasteiger partial charge in [0.2, 0.25) is 59.1 Å². The third-order valence-corrected chi connectivity index (χ3v) is 19.5. The van der Waals surface area contributed by atoms with Crippen molar-refractivity contribution in [3.63, 3.8) is 0 Å². The zero-order chi connectivity index (χ0) is 82.9.